The smallest absolute Gasteiger partial charge is 0.296 e. The Morgan fingerprint density at radius 1 is 1.27 bits per heavy atom. The predicted octanol–water partition coefficient (Wildman–Crippen LogP) is 4.90. The Bertz CT molecular complexity index is 839. The third-order valence-electron chi connectivity index (χ3n) is 2.91. The molecule has 114 valence electrons. The van der Waals surface area contributed by atoms with E-state index in [1.807, 2.05) is 13.0 Å². The molecule has 0 saturated heterocycles. The van der Waals surface area contributed by atoms with Crippen LogP contribution in [0.3, 0.4) is 0 Å². The first kappa shape index (κ1) is 15.1. The van der Waals surface area contributed by atoms with Gasteiger partial charge in [-0.15, -0.1) is 0 Å². The molecule has 3 aromatic heterocycles. The van der Waals surface area contributed by atoms with Gasteiger partial charge in [0.1, 0.15) is 10.2 Å². The van der Waals surface area contributed by atoms with Crippen LogP contribution in [-0.4, -0.2) is 15.0 Å². The van der Waals surface area contributed by atoms with Crippen LogP contribution < -0.4 is 5.32 Å². The largest absolute Gasteiger partial charge is 0.345 e. The van der Waals surface area contributed by atoms with Gasteiger partial charge in [0, 0.05) is 18.0 Å². The molecule has 0 unspecified atom stereocenters. The third kappa shape index (κ3) is 3.00. The van der Waals surface area contributed by atoms with E-state index in [-0.39, 0.29) is 5.01 Å². The van der Waals surface area contributed by atoms with Crippen LogP contribution in [0.25, 0.3) is 11.0 Å². The summed E-state index contributed by atoms with van der Waals surface area (Å²) in [6.07, 6.45) is 1.39. The van der Waals surface area contributed by atoms with Gasteiger partial charge in [-0.3, -0.25) is 0 Å². The lowest BCUT2D eigenvalue weighted by atomic mass is 10.2. The number of thiazole rings is 1. The second-order valence-electron chi connectivity index (χ2n) is 4.86. The molecule has 0 amide bonds. The summed E-state index contributed by atoms with van der Waals surface area (Å²) in [6.45, 7) is 2.65. The monoisotopic (exact) mass is 340 g/mol. The van der Waals surface area contributed by atoms with Gasteiger partial charge in [0.15, 0.2) is 10.7 Å². The van der Waals surface area contributed by atoms with Crippen LogP contribution in [0.15, 0.2) is 24.4 Å². The fourth-order valence-corrected chi connectivity index (χ4v) is 2.88. The zero-order valence-corrected chi connectivity index (χ0v) is 13.3. The second-order valence-corrected chi connectivity index (χ2v) is 6.28. The number of halogens is 3. The summed E-state index contributed by atoms with van der Waals surface area (Å²) < 4.78 is 26.5. The molecule has 1 N–H and O–H groups in total. The molecule has 22 heavy (non-hydrogen) atoms. The van der Waals surface area contributed by atoms with Crippen molar-refractivity contribution < 1.29 is 8.78 Å². The molecule has 4 nitrogen and oxygen atoms in total. The van der Waals surface area contributed by atoms with Crippen molar-refractivity contribution in [2.45, 2.75) is 19.8 Å². The van der Waals surface area contributed by atoms with E-state index in [9.17, 15) is 8.78 Å². The lowest BCUT2D eigenvalue weighted by Gasteiger charge is -2.09. The SMILES string of the molecule is Cc1cc(Nc2cnc(C(C)(F)F)s2)c2ccc(Cl)nc2n1. The maximum absolute atomic E-state index is 13.3. The van der Waals surface area contributed by atoms with Crippen LogP contribution >= 0.6 is 22.9 Å². The molecule has 0 aromatic carbocycles. The summed E-state index contributed by atoms with van der Waals surface area (Å²) in [7, 11) is 0. The van der Waals surface area contributed by atoms with Crippen molar-refractivity contribution in [2.75, 3.05) is 5.32 Å². The first-order chi connectivity index (χ1) is 10.3. The quantitative estimate of drug-likeness (QED) is 0.689. The fraction of sp³-hybridized carbons (Fsp3) is 0.214. The Kier molecular flexibility index (Phi) is 3.70. The number of alkyl halides is 2. The molecule has 0 fully saturated rings. The molecule has 0 saturated carbocycles. The number of rotatable bonds is 3. The highest BCUT2D eigenvalue weighted by Crippen LogP contribution is 2.35. The van der Waals surface area contributed by atoms with Crippen molar-refractivity contribution in [3.63, 3.8) is 0 Å². The van der Waals surface area contributed by atoms with Crippen LogP contribution in [0.5, 0.6) is 0 Å². The Balaban J connectivity index is 2.02. The van der Waals surface area contributed by atoms with Gasteiger partial charge in [0.25, 0.3) is 5.92 Å². The lowest BCUT2D eigenvalue weighted by molar-refractivity contribution is 0.0172. The number of pyridine rings is 2. The Hall–Kier alpha value is -1.86. The molecule has 0 bridgehead atoms. The number of hydrogen-bond donors (Lipinski definition) is 1. The van der Waals surface area contributed by atoms with E-state index in [1.54, 1.807) is 12.1 Å². The molecular weight excluding hydrogens is 330 g/mol. The summed E-state index contributed by atoms with van der Waals surface area (Å²) in [5.74, 6) is -2.95. The molecular formula is C14H11ClF2N4S. The highest BCUT2D eigenvalue weighted by molar-refractivity contribution is 7.15. The van der Waals surface area contributed by atoms with Gasteiger partial charge >= 0.3 is 0 Å². The molecule has 3 heterocycles. The van der Waals surface area contributed by atoms with E-state index in [1.165, 1.54) is 6.20 Å². The van der Waals surface area contributed by atoms with E-state index in [2.05, 4.69) is 20.3 Å². The van der Waals surface area contributed by atoms with Gasteiger partial charge in [-0.2, -0.15) is 8.78 Å². The fourth-order valence-electron chi connectivity index (χ4n) is 1.98. The van der Waals surface area contributed by atoms with Crippen LogP contribution in [-0.2, 0) is 5.92 Å². The maximum atomic E-state index is 13.3. The zero-order chi connectivity index (χ0) is 15.9. The van der Waals surface area contributed by atoms with Crippen LogP contribution in [0.2, 0.25) is 5.15 Å². The third-order valence-corrected chi connectivity index (χ3v) is 4.20. The number of aromatic nitrogens is 3. The van der Waals surface area contributed by atoms with Gasteiger partial charge < -0.3 is 5.32 Å². The minimum atomic E-state index is -2.95. The number of fused-ring (bicyclic) bond motifs is 1. The van der Waals surface area contributed by atoms with Gasteiger partial charge in [0.2, 0.25) is 0 Å². The standard InChI is InChI=1S/C14H11ClF2N4S/c1-7-5-9(8-3-4-10(15)21-12(8)19-7)20-11-6-18-13(22-11)14(2,16)17/h3-6H,1-2H3,(H,19,20,21). The van der Waals surface area contributed by atoms with E-state index in [0.717, 1.165) is 35.0 Å². The molecule has 0 spiro atoms. The zero-order valence-electron chi connectivity index (χ0n) is 11.7. The first-order valence-electron chi connectivity index (χ1n) is 6.38. The molecule has 3 aromatic rings. The van der Waals surface area contributed by atoms with Crippen molar-refractivity contribution in [3.8, 4) is 0 Å². The van der Waals surface area contributed by atoms with E-state index in [0.29, 0.717) is 15.8 Å². The molecule has 0 aliphatic carbocycles. The molecule has 0 aliphatic rings. The lowest BCUT2D eigenvalue weighted by Crippen LogP contribution is -2.05. The highest BCUT2D eigenvalue weighted by Gasteiger charge is 2.28. The van der Waals surface area contributed by atoms with Gasteiger partial charge in [-0.05, 0) is 25.1 Å². The van der Waals surface area contributed by atoms with E-state index < -0.39 is 5.92 Å². The Morgan fingerprint density at radius 2 is 2.05 bits per heavy atom. The Labute approximate surface area is 134 Å². The average molecular weight is 341 g/mol. The Morgan fingerprint density at radius 3 is 2.73 bits per heavy atom. The number of nitrogens with one attached hydrogen (secondary N) is 1. The molecule has 3 rings (SSSR count). The van der Waals surface area contributed by atoms with Crippen LogP contribution in [0.4, 0.5) is 19.5 Å². The summed E-state index contributed by atoms with van der Waals surface area (Å²) in [4.78, 5) is 12.2. The van der Waals surface area contributed by atoms with Crippen molar-refractivity contribution in [1.29, 1.82) is 0 Å². The summed E-state index contributed by atoms with van der Waals surface area (Å²) in [5.41, 5.74) is 1.97. The summed E-state index contributed by atoms with van der Waals surface area (Å²) >= 11 is 6.79. The van der Waals surface area contributed by atoms with Crippen molar-refractivity contribution >= 4 is 44.7 Å². The summed E-state index contributed by atoms with van der Waals surface area (Å²) in [6, 6.07) is 5.27. The average Bonchev–Trinajstić information content (AvgIpc) is 2.86. The van der Waals surface area contributed by atoms with Crippen molar-refractivity contribution in [2.24, 2.45) is 0 Å². The van der Waals surface area contributed by atoms with Crippen molar-refractivity contribution in [3.05, 3.63) is 40.3 Å². The minimum Gasteiger partial charge on any atom is -0.345 e. The van der Waals surface area contributed by atoms with E-state index in [4.69, 9.17) is 11.6 Å². The van der Waals surface area contributed by atoms with Crippen LogP contribution in [0, 0.1) is 6.92 Å². The summed E-state index contributed by atoms with van der Waals surface area (Å²) in [5, 5.41) is 4.50. The number of hydrogen-bond acceptors (Lipinski definition) is 5. The first-order valence-corrected chi connectivity index (χ1v) is 7.57. The predicted molar refractivity (Wildman–Crippen MR) is 84.2 cm³/mol. The molecule has 0 radical (unpaired) electrons. The molecule has 8 heteroatoms. The second kappa shape index (κ2) is 5.40. The maximum Gasteiger partial charge on any atom is 0.296 e. The minimum absolute atomic E-state index is 0.230. The number of nitrogens with zero attached hydrogens (tertiary/aromatic N) is 3. The number of anilines is 2. The van der Waals surface area contributed by atoms with Crippen LogP contribution in [0.1, 0.15) is 17.6 Å². The van der Waals surface area contributed by atoms with Gasteiger partial charge in [-0.1, -0.05) is 22.9 Å². The van der Waals surface area contributed by atoms with Crippen molar-refractivity contribution in [1.82, 2.24) is 15.0 Å². The van der Waals surface area contributed by atoms with Gasteiger partial charge in [0.05, 0.1) is 11.9 Å². The normalized spacial score (nSPS) is 11.9. The molecule has 0 atom stereocenters. The molecule has 0 aliphatic heterocycles. The number of aryl methyl sites for hydroxylation is 1. The van der Waals surface area contributed by atoms with Gasteiger partial charge in [-0.25, -0.2) is 15.0 Å². The topological polar surface area (TPSA) is 50.7 Å². The highest BCUT2D eigenvalue weighted by atomic mass is 35.5. The van der Waals surface area contributed by atoms with E-state index >= 15 is 0 Å².